The maximum absolute atomic E-state index is 12.5. The van der Waals surface area contributed by atoms with E-state index in [2.05, 4.69) is 55.7 Å². The molecular weight excluding hydrogens is 538 g/mol. The highest BCUT2D eigenvalue weighted by Gasteiger charge is 2.35. The molecule has 2 aromatic rings. The van der Waals surface area contributed by atoms with Crippen molar-refractivity contribution in [2.75, 3.05) is 51.5 Å². The summed E-state index contributed by atoms with van der Waals surface area (Å²) < 4.78 is 10.9. The van der Waals surface area contributed by atoms with Crippen LogP contribution in [0.5, 0.6) is 11.5 Å². The number of unbranched alkanes of at least 4 members (excludes halogenated alkanes) is 4. The van der Waals surface area contributed by atoms with Gasteiger partial charge in [-0.1, -0.05) is 63.8 Å². The lowest BCUT2D eigenvalue weighted by Crippen LogP contribution is -2.36. The Labute approximate surface area is 259 Å². The van der Waals surface area contributed by atoms with Crippen molar-refractivity contribution < 1.29 is 19.1 Å². The lowest BCUT2D eigenvalue weighted by molar-refractivity contribution is -0.117. The van der Waals surface area contributed by atoms with E-state index in [1.54, 1.807) is 0 Å². The molecule has 43 heavy (non-hydrogen) atoms. The minimum Gasteiger partial charge on any atom is -0.454 e. The summed E-state index contributed by atoms with van der Waals surface area (Å²) in [4.78, 5) is 30.3. The number of anilines is 1. The van der Waals surface area contributed by atoms with Crippen LogP contribution in [0.15, 0.2) is 42.5 Å². The summed E-state index contributed by atoms with van der Waals surface area (Å²) in [5.41, 5.74) is 3.35. The predicted octanol–water partition coefficient (Wildman–Crippen LogP) is 6.30. The smallest absolute Gasteiger partial charge is 0.231 e. The SMILES string of the molecule is C#C.CCCCCCN(C)CCCC.O=CCN1CC(c2ccc3c(c2)OCO3)CC1CCN1C(=O)Cc2ccccc21. The van der Waals surface area contributed by atoms with Gasteiger partial charge in [0.1, 0.15) is 6.29 Å². The second kappa shape index (κ2) is 18.4. The van der Waals surface area contributed by atoms with Gasteiger partial charge >= 0.3 is 0 Å². The largest absolute Gasteiger partial charge is 0.454 e. The Hall–Kier alpha value is -3.34. The molecule has 1 fully saturated rings. The number of terminal acetylenes is 1. The van der Waals surface area contributed by atoms with Crippen LogP contribution in [0.1, 0.15) is 82.3 Å². The number of hydrogen-bond donors (Lipinski definition) is 0. The molecule has 7 nitrogen and oxygen atoms in total. The van der Waals surface area contributed by atoms with Crippen molar-refractivity contribution in [1.82, 2.24) is 9.80 Å². The number of benzene rings is 2. The Morgan fingerprint density at radius 1 is 0.977 bits per heavy atom. The molecule has 2 aromatic carbocycles. The minimum atomic E-state index is 0.165. The highest BCUT2D eigenvalue weighted by molar-refractivity contribution is 6.01. The lowest BCUT2D eigenvalue weighted by atomic mass is 9.95. The van der Waals surface area contributed by atoms with E-state index in [0.29, 0.717) is 25.4 Å². The Kier molecular flexibility index (Phi) is 14.6. The number of carbonyl (C=O) groups is 2. The number of fused-ring (bicyclic) bond motifs is 2. The van der Waals surface area contributed by atoms with Gasteiger partial charge in [-0.3, -0.25) is 9.69 Å². The van der Waals surface area contributed by atoms with Gasteiger partial charge in [0.2, 0.25) is 12.7 Å². The first-order chi connectivity index (χ1) is 21.0. The first-order valence-electron chi connectivity index (χ1n) is 16.0. The second-order valence-corrected chi connectivity index (χ2v) is 11.7. The van der Waals surface area contributed by atoms with Crippen LogP contribution in [0.3, 0.4) is 0 Å². The molecule has 1 saturated heterocycles. The number of ether oxygens (including phenoxy) is 2. The van der Waals surface area contributed by atoms with E-state index in [1.807, 2.05) is 35.2 Å². The first-order valence-corrected chi connectivity index (χ1v) is 16.0. The molecule has 0 aromatic heterocycles. The molecule has 0 N–H and O–H groups in total. The van der Waals surface area contributed by atoms with E-state index in [0.717, 1.165) is 48.4 Å². The Bertz CT molecular complexity index is 1170. The normalized spacial score (nSPS) is 18.6. The fourth-order valence-electron chi connectivity index (χ4n) is 6.20. The third-order valence-corrected chi connectivity index (χ3v) is 8.60. The molecule has 3 aliphatic heterocycles. The Morgan fingerprint density at radius 2 is 1.72 bits per heavy atom. The van der Waals surface area contributed by atoms with Gasteiger partial charge in [0.15, 0.2) is 11.5 Å². The van der Waals surface area contributed by atoms with Gasteiger partial charge in [-0.05, 0) is 81.1 Å². The summed E-state index contributed by atoms with van der Waals surface area (Å²) in [5, 5.41) is 0. The van der Waals surface area contributed by atoms with Crippen molar-refractivity contribution in [2.45, 2.75) is 83.6 Å². The number of nitrogens with zero attached hydrogens (tertiary/aromatic N) is 3. The third kappa shape index (κ3) is 9.84. The third-order valence-electron chi connectivity index (χ3n) is 8.60. The molecule has 2 unspecified atom stereocenters. The molecule has 3 heterocycles. The van der Waals surface area contributed by atoms with Crippen LogP contribution in [0.4, 0.5) is 5.69 Å². The van der Waals surface area contributed by atoms with Crippen LogP contribution in [-0.2, 0) is 16.0 Å². The Morgan fingerprint density at radius 3 is 2.49 bits per heavy atom. The van der Waals surface area contributed by atoms with Crippen LogP contribution in [0.2, 0.25) is 0 Å². The number of hydrogen-bond acceptors (Lipinski definition) is 6. The van der Waals surface area contributed by atoms with E-state index in [-0.39, 0.29) is 18.7 Å². The average molecular weight is 590 g/mol. The van der Waals surface area contributed by atoms with E-state index < -0.39 is 0 Å². The second-order valence-electron chi connectivity index (χ2n) is 11.7. The summed E-state index contributed by atoms with van der Waals surface area (Å²) in [5.74, 6) is 2.10. The van der Waals surface area contributed by atoms with Crippen molar-refractivity contribution in [2.24, 2.45) is 0 Å². The van der Waals surface area contributed by atoms with Crippen LogP contribution in [-0.4, -0.2) is 74.6 Å². The van der Waals surface area contributed by atoms with Crippen molar-refractivity contribution in [1.29, 1.82) is 0 Å². The molecule has 0 spiro atoms. The predicted molar refractivity (Wildman–Crippen MR) is 175 cm³/mol. The van der Waals surface area contributed by atoms with Gasteiger partial charge in [-0.15, -0.1) is 12.8 Å². The molecular formula is C36H51N3O4. The number of aldehydes is 1. The van der Waals surface area contributed by atoms with Crippen LogP contribution >= 0.6 is 0 Å². The standard InChI is InChI=1S/C23H24N2O4.C11H25N.C2H2/c26-10-9-24-14-18(16-5-6-21-22(12-16)29-15-28-21)11-19(24)7-8-25-20-4-2-1-3-17(20)13-23(25)27;1-4-6-8-9-11-12(3)10-7-5-2;1-2/h1-6,10,12,18-19H,7-9,11,13-15H2;4-11H2,1-3H3;1-2H. The van der Waals surface area contributed by atoms with Crippen molar-refractivity contribution >= 4 is 17.9 Å². The van der Waals surface area contributed by atoms with Crippen LogP contribution in [0.25, 0.3) is 0 Å². The van der Waals surface area contributed by atoms with E-state index in [4.69, 9.17) is 9.47 Å². The molecule has 5 rings (SSSR count). The quantitative estimate of drug-likeness (QED) is 0.146. The summed E-state index contributed by atoms with van der Waals surface area (Å²) in [7, 11) is 2.24. The van der Waals surface area contributed by atoms with Gasteiger partial charge in [0.25, 0.3) is 0 Å². The first kappa shape index (κ1) is 34.2. The molecule has 234 valence electrons. The number of likely N-dealkylation sites (tertiary alicyclic amines) is 1. The van der Waals surface area contributed by atoms with Gasteiger partial charge in [0.05, 0.1) is 13.0 Å². The number of para-hydroxylation sites is 1. The van der Waals surface area contributed by atoms with Crippen molar-refractivity contribution in [3.05, 3.63) is 53.6 Å². The van der Waals surface area contributed by atoms with Crippen LogP contribution in [0, 0.1) is 12.8 Å². The number of amides is 1. The average Bonchev–Trinajstić information content (AvgIpc) is 3.75. The minimum absolute atomic E-state index is 0.165. The van der Waals surface area contributed by atoms with Crippen LogP contribution < -0.4 is 14.4 Å². The molecule has 3 aliphatic rings. The number of rotatable bonds is 14. The lowest BCUT2D eigenvalue weighted by Gasteiger charge is -2.25. The topological polar surface area (TPSA) is 62.3 Å². The molecule has 0 saturated carbocycles. The van der Waals surface area contributed by atoms with Gasteiger partial charge < -0.3 is 24.1 Å². The zero-order valence-electron chi connectivity index (χ0n) is 26.5. The summed E-state index contributed by atoms with van der Waals surface area (Å²) in [6.07, 6.45) is 19.5. The molecule has 0 bridgehead atoms. The van der Waals surface area contributed by atoms with E-state index in [9.17, 15) is 9.59 Å². The molecule has 2 atom stereocenters. The Balaban J connectivity index is 0.000000308. The highest BCUT2D eigenvalue weighted by atomic mass is 16.7. The summed E-state index contributed by atoms with van der Waals surface area (Å²) in [6, 6.07) is 14.4. The maximum atomic E-state index is 12.5. The van der Waals surface area contributed by atoms with Crippen molar-refractivity contribution in [3.8, 4) is 24.3 Å². The summed E-state index contributed by atoms with van der Waals surface area (Å²) >= 11 is 0. The summed E-state index contributed by atoms with van der Waals surface area (Å²) in [6.45, 7) is 9.32. The molecule has 7 heteroatoms. The van der Waals surface area contributed by atoms with Gasteiger partial charge in [-0.2, -0.15) is 0 Å². The zero-order chi connectivity index (χ0) is 31.0. The fraction of sp³-hybridized carbons (Fsp3) is 0.556. The molecule has 0 radical (unpaired) electrons. The zero-order valence-corrected chi connectivity index (χ0v) is 26.5. The van der Waals surface area contributed by atoms with Crippen molar-refractivity contribution in [3.63, 3.8) is 0 Å². The highest BCUT2D eigenvalue weighted by Crippen LogP contribution is 2.39. The van der Waals surface area contributed by atoms with Gasteiger partial charge in [-0.25, -0.2) is 0 Å². The molecule has 0 aliphatic carbocycles. The van der Waals surface area contributed by atoms with E-state index >= 15 is 0 Å². The molecule has 1 amide bonds. The van der Waals surface area contributed by atoms with E-state index in [1.165, 1.54) is 57.2 Å². The monoisotopic (exact) mass is 589 g/mol. The maximum Gasteiger partial charge on any atom is 0.231 e. The fourth-order valence-corrected chi connectivity index (χ4v) is 6.20. The number of carbonyl (C=O) groups excluding carboxylic acids is 2. The van der Waals surface area contributed by atoms with Gasteiger partial charge in [0, 0.05) is 24.8 Å².